The van der Waals surface area contributed by atoms with Crippen LogP contribution in [0.3, 0.4) is 0 Å². The largest absolute Gasteiger partial charge is 0.365 e. The molecule has 1 aromatic carbocycles. The summed E-state index contributed by atoms with van der Waals surface area (Å²) in [6.07, 6.45) is 3.30. The van der Waals surface area contributed by atoms with Crippen molar-refractivity contribution >= 4 is 34.3 Å². The summed E-state index contributed by atoms with van der Waals surface area (Å²) < 4.78 is 14.6. The van der Waals surface area contributed by atoms with Crippen molar-refractivity contribution in [2.24, 2.45) is 11.5 Å². The number of primary amides is 1. The number of rotatable bonds is 8. The number of carbonyl (C=O) groups excluding carboxylic acids is 1. The molecule has 1 amide bonds. The van der Waals surface area contributed by atoms with Crippen LogP contribution in [0.15, 0.2) is 30.5 Å². The number of aromatic nitrogens is 3. The molecule has 8 nitrogen and oxygen atoms in total. The van der Waals surface area contributed by atoms with Gasteiger partial charge in [0.1, 0.15) is 5.82 Å². The molecule has 2 heterocycles. The smallest absolute Gasteiger partial charge is 0.252 e. The number of halogens is 1. The Morgan fingerprint density at radius 1 is 1.20 bits per heavy atom. The Labute approximate surface area is 174 Å². The van der Waals surface area contributed by atoms with Gasteiger partial charge in [0.15, 0.2) is 11.6 Å². The maximum Gasteiger partial charge on any atom is 0.252 e. The molecule has 30 heavy (non-hydrogen) atoms. The Balaban J connectivity index is 1.97. The highest BCUT2D eigenvalue weighted by atomic mass is 19.1. The fraction of sp³-hybridized carbons (Fsp3) is 0.333. The summed E-state index contributed by atoms with van der Waals surface area (Å²) in [6, 6.07) is 6.06. The van der Waals surface area contributed by atoms with Crippen LogP contribution in [0, 0.1) is 12.7 Å². The number of carbonyl (C=O) groups is 1. The zero-order chi connectivity index (χ0) is 21.8. The van der Waals surface area contributed by atoms with Gasteiger partial charge in [-0.25, -0.2) is 14.4 Å². The Bertz CT molecular complexity index is 1070. The molecular formula is C21H26FN7O. The first-order chi connectivity index (χ1) is 14.3. The van der Waals surface area contributed by atoms with Crippen molar-refractivity contribution in [3.8, 4) is 0 Å². The number of benzene rings is 1. The molecule has 158 valence electrons. The van der Waals surface area contributed by atoms with Gasteiger partial charge in [-0.15, -0.1) is 0 Å². The van der Waals surface area contributed by atoms with E-state index in [1.54, 1.807) is 24.4 Å². The lowest BCUT2D eigenvalue weighted by Gasteiger charge is -2.23. The molecule has 0 aliphatic rings. The van der Waals surface area contributed by atoms with Crippen molar-refractivity contribution in [1.29, 1.82) is 0 Å². The molecule has 0 saturated heterocycles. The van der Waals surface area contributed by atoms with E-state index < -0.39 is 11.7 Å². The zero-order valence-corrected chi connectivity index (χ0v) is 17.2. The van der Waals surface area contributed by atoms with Gasteiger partial charge >= 0.3 is 0 Å². The monoisotopic (exact) mass is 411 g/mol. The second-order valence-corrected chi connectivity index (χ2v) is 7.32. The van der Waals surface area contributed by atoms with E-state index in [4.69, 9.17) is 11.5 Å². The summed E-state index contributed by atoms with van der Waals surface area (Å²) in [5.41, 5.74) is 14.2. The van der Waals surface area contributed by atoms with E-state index in [9.17, 15) is 9.18 Å². The van der Waals surface area contributed by atoms with Gasteiger partial charge in [0.25, 0.3) is 5.91 Å². The number of pyridine rings is 1. The summed E-state index contributed by atoms with van der Waals surface area (Å²) >= 11 is 0. The molecule has 0 aliphatic carbocycles. The molecule has 0 fully saturated rings. The van der Waals surface area contributed by atoms with Crippen LogP contribution in [0.4, 0.5) is 21.7 Å². The van der Waals surface area contributed by atoms with Crippen LogP contribution < -0.4 is 22.1 Å². The minimum atomic E-state index is -0.788. The van der Waals surface area contributed by atoms with Crippen molar-refractivity contribution in [3.05, 3.63) is 47.5 Å². The second-order valence-electron chi connectivity index (χ2n) is 7.32. The van der Waals surface area contributed by atoms with Crippen molar-refractivity contribution < 1.29 is 9.18 Å². The van der Waals surface area contributed by atoms with E-state index in [-0.39, 0.29) is 29.3 Å². The van der Waals surface area contributed by atoms with Gasteiger partial charge in [-0.05, 0) is 44.5 Å². The predicted molar refractivity (Wildman–Crippen MR) is 116 cm³/mol. The number of nitrogens with one attached hydrogen (secondary N) is 2. The van der Waals surface area contributed by atoms with Crippen molar-refractivity contribution in [2.75, 3.05) is 10.6 Å². The highest BCUT2D eigenvalue weighted by Crippen LogP contribution is 2.26. The number of fused-ring (bicyclic) bond motifs is 1. The minimum Gasteiger partial charge on any atom is -0.365 e. The van der Waals surface area contributed by atoms with Gasteiger partial charge in [0, 0.05) is 24.0 Å². The Hall–Kier alpha value is -3.33. The zero-order valence-electron chi connectivity index (χ0n) is 17.2. The maximum absolute atomic E-state index is 14.6. The molecular weight excluding hydrogens is 385 g/mol. The van der Waals surface area contributed by atoms with Crippen LogP contribution in [0.2, 0.25) is 0 Å². The Morgan fingerprint density at radius 3 is 2.63 bits per heavy atom. The molecule has 0 unspecified atom stereocenters. The van der Waals surface area contributed by atoms with Crippen LogP contribution in [0.5, 0.6) is 0 Å². The first-order valence-corrected chi connectivity index (χ1v) is 9.81. The third kappa shape index (κ3) is 4.80. The first-order valence-electron chi connectivity index (χ1n) is 9.81. The molecule has 2 aromatic heterocycles. The quantitative estimate of drug-likeness (QED) is 0.447. The topological polar surface area (TPSA) is 132 Å². The van der Waals surface area contributed by atoms with Gasteiger partial charge in [-0.1, -0.05) is 13.3 Å². The minimum absolute atomic E-state index is 0.00876. The summed E-state index contributed by atoms with van der Waals surface area (Å²) in [7, 11) is 0. The third-order valence-electron chi connectivity index (χ3n) is 4.72. The van der Waals surface area contributed by atoms with Gasteiger partial charge in [-0.2, -0.15) is 0 Å². The molecule has 2 atom stereocenters. The van der Waals surface area contributed by atoms with Crippen LogP contribution in [-0.4, -0.2) is 32.9 Å². The van der Waals surface area contributed by atoms with Crippen LogP contribution >= 0.6 is 0 Å². The first kappa shape index (κ1) is 21.4. The standard InChI is InChI=1S/C21H26FN7O/c1-4-5-16(12(3)23)28-21-15(22)9-14(19(24)30)20(29-21)27-13-6-7-17-18(8-13)25-10-11(2)26-17/h6-10,12,16H,4-5,23H2,1-3H3,(H2,24,30)(H2,27,28,29)/t12-,16+/m0/s1. The molecule has 0 saturated carbocycles. The highest BCUT2D eigenvalue weighted by Gasteiger charge is 2.20. The Kier molecular flexibility index (Phi) is 6.41. The normalized spacial score (nSPS) is 13.1. The summed E-state index contributed by atoms with van der Waals surface area (Å²) in [5.74, 6) is -1.31. The van der Waals surface area contributed by atoms with E-state index >= 15 is 0 Å². The summed E-state index contributed by atoms with van der Waals surface area (Å²) in [6.45, 7) is 5.73. The molecule has 6 N–H and O–H groups in total. The number of nitrogens with two attached hydrogens (primary N) is 2. The van der Waals surface area contributed by atoms with E-state index in [0.29, 0.717) is 11.2 Å². The van der Waals surface area contributed by atoms with Crippen LogP contribution in [0.1, 0.15) is 42.7 Å². The van der Waals surface area contributed by atoms with Crippen molar-refractivity contribution in [1.82, 2.24) is 15.0 Å². The molecule has 0 spiro atoms. The van der Waals surface area contributed by atoms with E-state index in [0.717, 1.165) is 30.1 Å². The lowest BCUT2D eigenvalue weighted by Crippen LogP contribution is -2.38. The molecule has 9 heteroatoms. The summed E-state index contributed by atoms with van der Waals surface area (Å²) in [4.78, 5) is 24.9. The molecule has 3 rings (SSSR count). The van der Waals surface area contributed by atoms with Gasteiger partial charge in [-0.3, -0.25) is 9.78 Å². The molecule has 0 radical (unpaired) electrons. The fourth-order valence-electron chi connectivity index (χ4n) is 3.14. The number of amides is 1. The maximum atomic E-state index is 14.6. The third-order valence-corrected chi connectivity index (χ3v) is 4.72. The SMILES string of the molecule is CCC[C@@H](Nc1nc(Nc2ccc3nc(C)cnc3c2)c(C(N)=O)cc1F)[C@H](C)N. The molecule has 0 bridgehead atoms. The lowest BCUT2D eigenvalue weighted by molar-refractivity contribution is 0.100. The highest BCUT2D eigenvalue weighted by molar-refractivity contribution is 5.98. The number of aryl methyl sites for hydroxylation is 1. The van der Waals surface area contributed by atoms with Gasteiger partial charge in [0.05, 0.1) is 22.3 Å². The van der Waals surface area contributed by atoms with Crippen molar-refractivity contribution in [2.45, 2.75) is 45.7 Å². The second kappa shape index (κ2) is 9.00. The predicted octanol–water partition coefficient (Wildman–Crippen LogP) is 3.24. The average molecular weight is 411 g/mol. The van der Waals surface area contributed by atoms with Crippen LogP contribution in [0.25, 0.3) is 11.0 Å². The fourth-order valence-corrected chi connectivity index (χ4v) is 3.14. The van der Waals surface area contributed by atoms with Gasteiger partial charge in [0.2, 0.25) is 0 Å². The Morgan fingerprint density at radius 2 is 1.97 bits per heavy atom. The number of hydrogen-bond donors (Lipinski definition) is 4. The average Bonchev–Trinajstić information content (AvgIpc) is 2.69. The van der Waals surface area contributed by atoms with Gasteiger partial charge < -0.3 is 22.1 Å². The van der Waals surface area contributed by atoms with E-state index in [1.165, 1.54) is 0 Å². The lowest BCUT2D eigenvalue weighted by atomic mass is 10.1. The van der Waals surface area contributed by atoms with E-state index in [2.05, 4.69) is 25.6 Å². The number of hydrogen-bond acceptors (Lipinski definition) is 7. The number of anilines is 3. The van der Waals surface area contributed by atoms with E-state index in [1.807, 2.05) is 20.8 Å². The molecule has 0 aliphatic heterocycles. The van der Waals surface area contributed by atoms with Crippen LogP contribution in [-0.2, 0) is 0 Å². The van der Waals surface area contributed by atoms with Crippen molar-refractivity contribution in [3.63, 3.8) is 0 Å². The molecule has 3 aromatic rings. The number of nitrogens with zero attached hydrogens (tertiary/aromatic N) is 3. The summed E-state index contributed by atoms with van der Waals surface area (Å²) in [5, 5.41) is 6.10.